The number of aryl methyl sites for hydroxylation is 3. The van der Waals surface area contributed by atoms with Crippen LogP contribution in [-0.4, -0.2) is 0 Å². The van der Waals surface area contributed by atoms with Gasteiger partial charge in [-0.15, -0.1) is 11.3 Å². The van der Waals surface area contributed by atoms with Gasteiger partial charge in [0.05, 0.1) is 11.4 Å². The second-order valence-corrected chi connectivity index (χ2v) is 5.68. The lowest BCUT2D eigenvalue weighted by Crippen LogP contribution is -2.02. The molecule has 0 unspecified atom stereocenters. The molecule has 0 spiro atoms. The molecule has 2 nitrogen and oxygen atoms in total. The fourth-order valence-electron chi connectivity index (χ4n) is 1.75. The summed E-state index contributed by atoms with van der Waals surface area (Å²) in [6, 6.07) is 8.31. The standard InChI is InChI=1S/C14H18N2S/c1-9-5-4-6-13(14(9)15)16-8-12-7-10(2)11(3)17-12/h4-7,16H,8,15H2,1-3H3. The highest BCUT2D eigenvalue weighted by atomic mass is 32.1. The van der Waals surface area contributed by atoms with E-state index in [-0.39, 0.29) is 0 Å². The quantitative estimate of drug-likeness (QED) is 0.807. The Morgan fingerprint density at radius 2 is 1.94 bits per heavy atom. The predicted octanol–water partition coefficient (Wildman–Crippen LogP) is 3.87. The van der Waals surface area contributed by atoms with Crippen molar-refractivity contribution in [3.63, 3.8) is 0 Å². The topological polar surface area (TPSA) is 38.0 Å². The van der Waals surface area contributed by atoms with Gasteiger partial charge in [-0.1, -0.05) is 12.1 Å². The molecule has 3 N–H and O–H groups in total. The third-order valence-corrected chi connectivity index (χ3v) is 4.15. The van der Waals surface area contributed by atoms with Gasteiger partial charge in [0.1, 0.15) is 0 Å². The maximum Gasteiger partial charge on any atom is 0.0579 e. The summed E-state index contributed by atoms with van der Waals surface area (Å²) < 4.78 is 0. The van der Waals surface area contributed by atoms with Gasteiger partial charge in [0, 0.05) is 16.3 Å². The van der Waals surface area contributed by atoms with Crippen LogP contribution < -0.4 is 11.1 Å². The second kappa shape index (κ2) is 4.80. The number of hydrogen-bond donors (Lipinski definition) is 2. The number of hydrogen-bond acceptors (Lipinski definition) is 3. The van der Waals surface area contributed by atoms with Crippen LogP contribution in [0.3, 0.4) is 0 Å². The van der Waals surface area contributed by atoms with Crippen LogP contribution >= 0.6 is 11.3 Å². The van der Waals surface area contributed by atoms with Crippen LogP contribution in [0.1, 0.15) is 20.9 Å². The zero-order valence-electron chi connectivity index (χ0n) is 10.5. The molecular formula is C14H18N2S. The molecule has 1 heterocycles. The number of benzene rings is 1. The molecule has 0 aliphatic heterocycles. The van der Waals surface area contributed by atoms with Gasteiger partial charge in [-0.05, 0) is 44.0 Å². The predicted molar refractivity (Wildman–Crippen MR) is 76.7 cm³/mol. The molecule has 0 aliphatic carbocycles. The lowest BCUT2D eigenvalue weighted by Gasteiger charge is -2.09. The van der Waals surface area contributed by atoms with Crippen molar-refractivity contribution in [3.8, 4) is 0 Å². The van der Waals surface area contributed by atoms with Crippen LogP contribution in [0, 0.1) is 20.8 Å². The van der Waals surface area contributed by atoms with Crippen LogP contribution in [0.4, 0.5) is 11.4 Å². The number of rotatable bonds is 3. The van der Waals surface area contributed by atoms with Crippen molar-refractivity contribution in [1.82, 2.24) is 0 Å². The molecular weight excluding hydrogens is 228 g/mol. The van der Waals surface area contributed by atoms with Crippen LogP contribution in [0.5, 0.6) is 0 Å². The summed E-state index contributed by atoms with van der Waals surface area (Å²) in [5.41, 5.74) is 10.4. The van der Waals surface area contributed by atoms with Gasteiger partial charge in [0.15, 0.2) is 0 Å². The van der Waals surface area contributed by atoms with Gasteiger partial charge >= 0.3 is 0 Å². The smallest absolute Gasteiger partial charge is 0.0579 e. The molecule has 2 aromatic rings. The Balaban J connectivity index is 2.10. The van der Waals surface area contributed by atoms with Crippen molar-refractivity contribution in [2.75, 3.05) is 11.1 Å². The van der Waals surface area contributed by atoms with E-state index >= 15 is 0 Å². The summed E-state index contributed by atoms with van der Waals surface area (Å²) in [6.07, 6.45) is 0. The molecule has 0 saturated heterocycles. The summed E-state index contributed by atoms with van der Waals surface area (Å²) in [6.45, 7) is 7.17. The lowest BCUT2D eigenvalue weighted by atomic mass is 10.1. The monoisotopic (exact) mass is 246 g/mol. The minimum absolute atomic E-state index is 0.840. The zero-order valence-corrected chi connectivity index (χ0v) is 11.3. The Kier molecular flexibility index (Phi) is 3.38. The number of nitrogen functional groups attached to an aromatic ring is 1. The van der Waals surface area contributed by atoms with E-state index in [1.165, 1.54) is 15.3 Å². The molecule has 0 aliphatic rings. The van der Waals surface area contributed by atoms with Gasteiger partial charge in [-0.2, -0.15) is 0 Å². The SMILES string of the molecule is Cc1cc(CNc2cccc(C)c2N)sc1C. The molecule has 0 atom stereocenters. The molecule has 0 radical (unpaired) electrons. The van der Waals surface area contributed by atoms with E-state index in [4.69, 9.17) is 5.73 Å². The number of para-hydroxylation sites is 1. The van der Waals surface area contributed by atoms with E-state index in [0.29, 0.717) is 0 Å². The molecule has 17 heavy (non-hydrogen) atoms. The van der Waals surface area contributed by atoms with Gasteiger partial charge in [-0.3, -0.25) is 0 Å². The number of anilines is 2. The van der Waals surface area contributed by atoms with Gasteiger partial charge < -0.3 is 11.1 Å². The summed E-state index contributed by atoms with van der Waals surface area (Å²) in [7, 11) is 0. The van der Waals surface area contributed by atoms with E-state index < -0.39 is 0 Å². The second-order valence-electron chi connectivity index (χ2n) is 4.34. The lowest BCUT2D eigenvalue weighted by molar-refractivity contribution is 1.19. The molecule has 1 aromatic carbocycles. The largest absolute Gasteiger partial charge is 0.397 e. The van der Waals surface area contributed by atoms with Gasteiger partial charge in [-0.25, -0.2) is 0 Å². The van der Waals surface area contributed by atoms with Crippen LogP contribution in [0.25, 0.3) is 0 Å². The average molecular weight is 246 g/mol. The summed E-state index contributed by atoms with van der Waals surface area (Å²) in [5.74, 6) is 0. The normalized spacial score (nSPS) is 10.5. The summed E-state index contributed by atoms with van der Waals surface area (Å²) in [4.78, 5) is 2.74. The van der Waals surface area contributed by atoms with Crippen molar-refractivity contribution in [1.29, 1.82) is 0 Å². The van der Waals surface area contributed by atoms with Crippen molar-refractivity contribution < 1.29 is 0 Å². The first-order valence-electron chi connectivity index (χ1n) is 5.73. The highest BCUT2D eigenvalue weighted by Crippen LogP contribution is 2.25. The van der Waals surface area contributed by atoms with Crippen molar-refractivity contribution in [2.24, 2.45) is 0 Å². The van der Waals surface area contributed by atoms with Crippen molar-refractivity contribution in [2.45, 2.75) is 27.3 Å². The first kappa shape index (κ1) is 12.0. The Morgan fingerprint density at radius 3 is 2.59 bits per heavy atom. The van der Waals surface area contributed by atoms with Gasteiger partial charge in [0.2, 0.25) is 0 Å². The zero-order chi connectivity index (χ0) is 12.4. The van der Waals surface area contributed by atoms with Crippen LogP contribution in [0.2, 0.25) is 0 Å². The molecule has 0 amide bonds. The highest BCUT2D eigenvalue weighted by molar-refractivity contribution is 7.12. The van der Waals surface area contributed by atoms with Crippen molar-refractivity contribution >= 4 is 22.7 Å². The molecule has 0 bridgehead atoms. The van der Waals surface area contributed by atoms with Crippen molar-refractivity contribution in [3.05, 3.63) is 45.1 Å². The molecule has 3 heteroatoms. The number of nitrogens with one attached hydrogen (secondary N) is 1. The highest BCUT2D eigenvalue weighted by Gasteiger charge is 2.04. The fraction of sp³-hybridized carbons (Fsp3) is 0.286. The van der Waals surface area contributed by atoms with E-state index in [0.717, 1.165) is 23.5 Å². The number of nitrogens with two attached hydrogens (primary N) is 1. The summed E-state index contributed by atoms with van der Waals surface area (Å²) in [5, 5.41) is 3.40. The Bertz CT molecular complexity index is 510. The Morgan fingerprint density at radius 1 is 1.18 bits per heavy atom. The molecule has 2 rings (SSSR count). The molecule has 90 valence electrons. The first-order chi connectivity index (χ1) is 8.08. The maximum atomic E-state index is 6.02. The fourth-order valence-corrected chi connectivity index (χ4v) is 2.75. The minimum atomic E-state index is 0.840. The number of thiophene rings is 1. The third kappa shape index (κ3) is 2.61. The minimum Gasteiger partial charge on any atom is -0.397 e. The van der Waals surface area contributed by atoms with Crippen LogP contribution in [0.15, 0.2) is 24.3 Å². The molecule has 0 fully saturated rings. The Labute approximate surface area is 106 Å². The Hall–Kier alpha value is -1.48. The molecule has 1 aromatic heterocycles. The summed E-state index contributed by atoms with van der Waals surface area (Å²) >= 11 is 1.84. The van der Waals surface area contributed by atoms with E-state index in [9.17, 15) is 0 Å². The maximum absolute atomic E-state index is 6.02. The van der Waals surface area contributed by atoms with E-state index in [1.807, 2.05) is 36.5 Å². The first-order valence-corrected chi connectivity index (χ1v) is 6.54. The van der Waals surface area contributed by atoms with E-state index in [2.05, 4.69) is 25.2 Å². The van der Waals surface area contributed by atoms with Gasteiger partial charge in [0.25, 0.3) is 0 Å². The third-order valence-electron chi connectivity index (χ3n) is 2.99. The van der Waals surface area contributed by atoms with E-state index in [1.54, 1.807) is 0 Å². The van der Waals surface area contributed by atoms with Crippen LogP contribution in [-0.2, 0) is 6.54 Å². The molecule has 0 saturated carbocycles. The average Bonchev–Trinajstić information content (AvgIpc) is 2.61.